The molecule has 0 saturated heterocycles. The highest BCUT2D eigenvalue weighted by Crippen LogP contribution is 2.49. The summed E-state index contributed by atoms with van der Waals surface area (Å²) in [5.74, 6) is 0. The molecule has 0 aliphatic heterocycles. The van der Waals surface area contributed by atoms with Crippen LogP contribution < -0.4 is 0 Å². The Hall–Kier alpha value is -0.780. The number of rotatable bonds is 0. The van der Waals surface area contributed by atoms with Crippen molar-refractivity contribution in [3.63, 3.8) is 0 Å². The highest BCUT2D eigenvalue weighted by Gasteiger charge is 2.41. The van der Waals surface area contributed by atoms with Crippen LogP contribution in [0.3, 0.4) is 0 Å². The van der Waals surface area contributed by atoms with Crippen LogP contribution in [0.25, 0.3) is 0 Å². The van der Waals surface area contributed by atoms with Crippen molar-refractivity contribution in [2.45, 2.75) is 46.0 Å². The van der Waals surface area contributed by atoms with Crippen LogP contribution in [0.1, 0.15) is 45.2 Å². The van der Waals surface area contributed by atoms with E-state index in [2.05, 4.69) is 52.0 Å². The first-order chi connectivity index (χ1) is 6.45. The summed E-state index contributed by atoms with van der Waals surface area (Å²) in [6.07, 6.45) is 2.55. The monoisotopic (exact) mass is 188 g/mol. The van der Waals surface area contributed by atoms with Gasteiger partial charge in [-0.3, -0.25) is 0 Å². The fraction of sp³-hybridized carbons (Fsp3) is 0.571. The van der Waals surface area contributed by atoms with Crippen LogP contribution >= 0.6 is 0 Å². The zero-order valence-electron chi connectivity index (χ0n) is 9.72. The van der Waals surface area contributed by atoms with Gasteiger partial charge in [0.1, 0.15) is 0 Å². The maximum absolute atomic E-state index is 2.39. The van der Waals surface area contributed by atoms with E-state index in [0.29, 0.717) is 10.8 Å². The first kappa shape index (κ1) is 9.76. The van der Waals surface area contributed by atoms with Gasteiger partial charge >= 0.3 is 0 Å². The third-order valence-corrected chi connectivity index (χ3v) is 4.40. The molecule has 0 heterocycles. The minimum atomic E-state index is 0.307. The van der Waals surface area contributed by atoms with E-state index in [1.807, 2.05) is 0 Å². The summed E-state index contributed by atoms with van der Waals surface area (Å²) in [4.78, 5) is 0. The average Bonchev–Trinajstić information content (AvgIpc) is 2.13. The molecule has 0 fully saturated rings. The van der Waals surface area contributed by atoms with Gasteiger partial charge in [-0.05, 0) is 34.8 Å². The standard InChI is InChI=1S/C14H20/c1-13(2)10-9-11-7-5-6-8-12(11)14(13,3)4/h5-8H,9-10H2,1-4H3. The van der Waals surface area contributed by atoms with Gasteiger partial charge in [0, 0.05) is 0 Å². The van der Waals surface area contributed by atoms with E-state index in [9.17, 15) is 0 Å². The zero-order chi connectivity index (χ0) is 10.4. The van der Waals surface area contributed by atoms with E-state index < -0.39 is 0 Å². The topological polar surface area (TPSA) is 0 Å². The first-order valence-corrected chi connectivity index (χ1v) is 5.53. The summed E-state index contributed by atoms with van der Waals surface area (Å²) in [7, 11) is 0. The van der Waals surface area contributed by atoms with Crippen LogP contribution in [0.2, 0.25) is 0 Å². The first-order valence-electron chi connectivity index (χ1n) is 5.53. The predicted octanol–water partition coefficient (Wildman–Crippen LogP) is 3.94. The van der Waals surface area contributed by atoms with E-state index >= 15 is 0 Å². The minimum Gasteiger partial charge on any atom is -0.0620 e. The summed E-state index contributed by atoms with van der Waals surface area (Å²) in [6, 6.07) is 8.91. The Kier molecular flexibility index (Phi) is 1.99. The molecule has 1 aromatic rings. The van der Waals surface area contributed by atoms with Crippen LogP contribution in [-0.4, -0.2) is 0 Å². The molecule has 0 spiro atoms. The van der Waals surface area contributed by atoms with E-state index in [-0.39, 0.29) is 0 Å². The van der Waals surface area contributed by atoms with Crippen LogP contribution in [0.15, 0.2) is 24.3 Å². The fourth-order valence-electron chi connectivity index (χ4n) is 2.47. The Balaban J connectivity index is 2.57. The summed E-state index contributed by atoms with van der Waals surface area (Å²) in [6.45, 7) is 9.54. The lowest BCUT2D eigenvalue weighted by Gasteiger charge is -2.47. The summed E-state index contributed by atoms with van der Waals surface area (Å²) in [5.41, 5.74) is 3.83. The highest BCUT2D eigenvalue weighted by atomic mass is 14.5. The molecule has 0 heteroatoms. The van der Waals surface area contributed by atoms with Crippen LogP contribution in [0.4, 0.5) is 0 Å². The number of fused-ring (bicyclic) bond motifs is 1. The molecule has 0 amide bonds. The third-order valence-electron chi connectivity index (χ3n) is 4.40. The van der Waals surface area contributed by atoms with Crippen molar-refractivity contribution < 1.29 is 0 Å². The van der Waals surface area contributed by atoms with Gasteiger partial charge in [0.15, 0.2) is 0 Å². The highest BCUT2D eigenvalue weighted by molar-refractivity contribution is 5.37. The molecule has 0 atom stereocenters. The van der Waals surface area contributed by atoms with Crippen molar-refractivity contribution in [2.75, 3.05) is 0 Å². The van der Waals surface area contributed by atoms with Crippen molar-refractivity contribution in [2.24, 2.45) is 5.41 Å². The number of benzene rings is 1. The molecule has 2 rings (SSSR count). The Labute approximate surface area is 87.3 Å². The average molecular weight is 188 g/mol. The quantitative estimate of drug-likeness (QED) is 0.578. The molecular formula is C14H20. The van der Waals surface area contributed by atoms with Crippen molar-refractivity contribution in [3.8, 4) is 0 Å². The van der Waals surface area contributed by atoms with Crippen molar-refractivity contribution in [1.29, 1.82) is 0 Å². The molecule has 0 bridgehead atoms. The van der Waals surface area contributed by atoms with Crippen LogP contribution in [0.5, 0.6) is 0 Å². The molecule has 0 radical (unpaired) electrons. The Bertz CT molecular complexity index is 345. The number of hydrogen-bond acceptors (Lipinski definition) is 0. The van der Waals surface area contributed by atoms with E-state index in [4.69, 9.17) is 0 Å². The second-order valence-corrected chi connectivity index (χ2v) is 5.67. The van der Waals surface area contributed by atoms with Crippen molar-refractivity contribution in [3.05, 3.63) is 35.4 Å². The Morgan fingerprint density at radius 1 is 1.00 bits per heavy atom. The van der Waals surface area contributed by atoms with Crippen molar-refractivity contribution >= 4 is 0 Å². The second kappa shape index (κ2) is 2.85. The third kappa shape index (κ3) is 1.20. The summed E-state index contributed by atoms with van der Waals surface area (Å²) < 4.78 is 0. The Morgan fingerprint density at radius 3 is 2.36 bits per heavy atom. The second-order valence-electron chi connectivity index (χ2n) is 5.67. The minimum absolute atomic E-state index is 0.307. The molecule has 0 nitrogen and oxygen atoms in total. The molecule has 14 heavy (non-hydrogen) atoms. The summed E-state index contributed by atoms with van der Waals surface area (Å²) in [5, 5.41) is 0. The lowest BCUT2D eigenvalue weighted by atomic mass is 9.57. The maximum Gasteiger partial charge on any atom is -0.00496 e. The zero-order valence-corrected chi connectivity index (χ0v) is 9.72. The molecular weight excluding hydrogens is 168 g/mol. The molecule has 0 unspecified atom stereocenters. The molecule has 0 saturated carbocycles. The van der Waals surface area contributed by atoms with Gasteiger partial charge in [-0.15, -0.1) is 0 Å². The van der Waals surface area contributed by atoms with Gasteiger partial charge in [0.05, 0.1) is 0 Å². The van der Waals surface area contributed by atoms with Gasteiger partial charge < -0.3 is 0 Å². The predicted molar refractivity (Wildman–Crippen MR) is 61.6 cm³/mol. The lowest BCUT2D eigenvalue weighted by molar-refractivity contribution is 0.165. The maximum atomic E-state index is 2.39. The van der Waals surface area contributed by atoms with Gasteiger partial charge in [-0.25, -0.2) is 0 Å². The number of aryl methyl sites for hydroxylation is 1. The van der Waals surface area contributed by atoms with Crippen molar-refractivity contribution in [1.82, 2.24) is 0 Å². The van der Waals surface area contributed by atoms with Crippen LogP contribution in [0, 0.1) is 5.41 Å². The normalized spacial score (nSPS) is 22.9. The van der Waals surface area contributed by atoms with Crippen LogP contribution in [-0.2, 0) is 11.8 Å². The molecule has 1 aromatic carbocycles. The lowest BCUT2D eigenvalue weighted by Crippen LogP contribution is -2.40. The van der Waals surface area contributed by atoms with Gasteiger partial charge in [-0.1, -0.05) is 52.0 Å². The SMILES string of the molecule is CC1(C)CCc2ccccc2C1(C)C. The van der Waals surface area contributed by atoms with E-state index in [1.165, 1.54) is 12.8 Å². The fourth-order valence-corrected chi connectivity index (χ4v) is 2.47. The van der Waals surface area contributed by atoms with Gasteiger partial charge in [-0.2, -0.15) is 0 Å². The summed E-state index contributed by atoms with van der Waals surface area (Å²) >= 11 is 0. The molecule has 1 aliphatic carbocycles. The Morgan fingerprint density at radius 2 is 1.64 bits per heavy atom. The number of hydrogen-bond donors (Lipinski definition) is 0. The largest absolute Gasteiger partial charge is 0.0620 e. The van der Waals surface area contributed by atoms with E-state index in [1.54, 1.807) is 11.1 Å². The molecule has 0 N–H and O–H groups in total. The van der Waals surface area contributed by atoms with E-state index in [0.717, 1.165) is 0 Å². The molecule has 0 aromatic heterocycles. The molecule has 1 aliphatic rings. The van der Waals surface area contributed by atoms with Gasteiger partial charge in [0.25, 0.3) is 0 Å². The molecule has 76 valence electrons. The smallest absolute Gasteiger partial charge is 0.00496 e. The van der Waals surface area contributed by atoms with Gasteiger partial charge in [0.2, 0.25) is 0 Å².